The minimum absolute atomic E-state index is 0.0131. The van der Waals surface area contributed by atoms with Gasteiger partial charge in [-0.1, -0.05) is 0 Å². The van der Waals surface area contributed by atoms with Crippen molar-refractivity contribution >= 4 is 35.2 Å². The van der Waals surface area contributed by atoms with E-state index in [9.17, 15) is 9.59 Å². The molecule has 0 atom stereocenters. The molecular formula is C9H13ClN2O2S. The fourth-order valence-electron chi connectivity index (χ4n) is 2.00. The van der Waals surface area contributed by atoms with E-state index in [1.165, 1.54) is 0 Å². The zero-order valence-corrected chi connectivity index (χ0v) is 9.86. The lowest BCUT2D eigenvalue weighted by Gasteiger charge is -2.38. The highest BCUT2D eigenvalue weighted by Gasteiger charge is 2.41. The van der Waals surface area contributed by atoms with E-state index in [2.05, 4.69) is 5.32 Å². The topological polar surface area (TPSA) is 49.4 Å². The lowest BCUT2D eigenvalue weighted by Crippen LogP contribution is -2.51. The molecule has 2 aliphatic rings. The van der Waals surface area contributed by atoms with Gasteiger partial charge in [0.05, 0.1) is 10.6 Å². The standard InChI is InChI=1S/C9H13ClN2O2S/c10-5-8(14)12-3-1-9(2-4-12)11-7(13)6-15-9/h1-6H2,(H,11,13). The first-order valence-electron chi connectivity index (χ1n) is 4.94. The second-order valence-electron chi connectivity index (χ2n) is 3.85. The summed E-state index contributed by atoms with van der Waals surface area (Å²) in [6, 6.07) is 0. The number of likely N-dealkylation sites (tertiary alicyclic amines) is 1. The number of carbonyl (C=O) groups excluding carboxylic acids is 2. The molecule has 0 aliphatic carbocycles. The largest absolute Gasteiger partial charge is 0.341 e. The van der Waals surface area contributed by atoms with Crippen LogP contribution in [0.1, 0.15) is 12.8 Å². The fraction of sp³-hybridized carbons (Fsp3) is 0.778. The summed E-state index contributed by atoms with van der Waals surface area (Å²) in [5.74, 6) is 0.689. The van der Waals surface area contributed by atoms with E-state index in [-0.39, 0.29) is 22.6 Å². The Balaban J connectivity index is 1.92. The van der Waals surface area contributed by atoms with Gasteiger partial charge in [0.1, 0.15) is 5.88 Å². The van der Waals surface area contributed by atoms with E-state index >= 15 is 0 Å². The quantitative estimate of drug-likeness (QED) is 0.684. The second kappa shape index (κ2) is 4.22. The molecule has 0 aromatic heterocycles. The van der Waals surface area contributed by atoms with Crippen molar-refractivity contribution in [1.29, 1.82) is 0 Å². The Hall–Kier alpha value is -0.420. The number of halogens is 1. The smallest absolute Gasteiger partial charge is 0.237 e. The van der Waals surface area contributed by atoms with Crippen LogP contribution in [0.15, 0.2) is 0 Å². The van der Waals surface area contributed by atoms with E-state index in [4.69, 9.17) is 11.6 Å². The van der Waals surface area contributed by atoms with Gasteiger partial charge in [-0.05, 0) is 12.8 Å². The monoisotopic (exact) mass is 248 g/mol. The van der Waals surface area contributed by atoms with Crippen molar-refractivity contribution < 1.29 is 9.59 Å². The number of thioether (sulfide) groups is 1. The Morgan fingerprint density at radius 2 is 2.20 bits per heavy atom. The summed E-state index contributed by atoms with van der Waals surface area (Å²) in [5.41, 5.74) is 0. The van der Waals surface area contributed by atoms with E-state index in [1.54, 1.807) is 16.7 Å². The van der Waals surface area contributed by atoms with Crippen molar-refractivity contribution in [2.75, 3.05) is 24.7 Å². The van der Waals surface area contributed by atoms with E-state index in [1.807, 2.05) is 0 Å². The molecule has 2 heterocycles. The summed E-state index contributed by atoms with van der Waals surface area (Å²) in [4.78, 5) is 24.1. The Morgan fingerprint density at radius 3 is 2.67 bits per heavy atom. The van der Waals surface area contributed by atoms with Crippen LogP contribution in [0.25, 0.3) is 0 Å². The summed E-state index contributed by atoms with van der Waals surface area (Å²) in [6.07, 6.45) is 1.65. The van der Waals surface area contributed by atoms with Crippen LogP contribution in [0.2, 0.25) is 0 Å². The van der Waals surface area contributed by atoms with Gasteiger partial charge < -0.3 is 10.2 Å². The summed E-state index contributed by atoms with van der Waals surface area (Å²) in [5, 5.41) is 3.00. The molecule has 2 rings (SSSR count). The molecule has 15 heavy (non-hydrogen) atoms. The second-order valence-corrected chi connectivity index (χ2v) is 5.47. The van der Waals surface area contributed by atoms with Crippen molar-refractivity contribution in [3.05, 3.63) is 0 Å². The van der Waals surface area contributed by atoms with Gasteiger partial charge in [0.25, 0.3) is 0 Å². The highest BCUT2D eigenvalue weighted by Crippen LogP contribution is 2.37. The Labute approximate surface area is 97.7 Å². The zero-order chi connectivity index (χ0) is 10.9. The number of nitrogens with zero attached hydrogens (tertiary/aromatic N) is 1. The molecule has 2 amide bonds. The molecule has 2 saturated heterocycles. The Bertz CT molecular complexity index is 290. The molecule has 0 aromatic carbocycles. The first-order chi connectivity index (χ1) is 7.15. The van der Waals surface area contributed by atoms with Crippen molar-refractivity contribution in [1.82, 2.24) is 10.2 Å². The molecule has 0 unspecified atom stereocenters. The molecular weight excluding hydrogens is 236 g/mol. The molecule has 0 aromatic rings. The number of carbonyl (C=O) groups is 2. The summed E-state index contributed by atoms with van der Waals surface area (Å²) in [6.45, 7) is 1.39. The SMILES string of the molecule is O=C1CSC2(CCN(C(=O)CCl)CC2)N1. The number of nitrogens with one attached hydrogen (secondary N) is 1. The van der Waals surface area contributed by atoms with Crippen LogP contribution in [0.4, 0.5) is 0 Å². The molecule has 6 heteroatoms. The molecule has 1 N–H and O–H groups in total. The lowest BCUT2D eigenvalue weighted by molar-refractivity contribution is -0.129. The maximum absolute atomic E-state index is 11.3. The number of alkyl halides is 1. The molecule has 1 spiro atoms. The maximum atomic E-state index is 11.3. The number of hydrogen-bond donors (Lipinski definition) is 1. The third kappa shape index (κ3) is 2.23. The van der Waals surface area contributed by atoms with Crippen LogP contribution in [-0.2, 0) is 9.59 Å². The highest BCUT2D eigenvalue weighted by atomic mass is 35.5. The summed E-state index contributed by atoms with van der Waals surface area (Å²) >= 11 is 7.16. The van der Waals surface area contributed by atoms with Gasteiger partial charge >= 0.3 is 0 Å². The number of piperidine rings is 1. The van der Waals surface area contributed by atoms with Gasteiger partial charge in [-0.15, -0.1) is 23.4 Å². The third-order valence-electron chi connectivity index (χ3n) is 2.88. The molecule has 0 radical (unpaired) electrons. The normalized spacial score (nSPS) is 24.3. The third-order valence-corrected chi connectivity index (χ3v) is 4.58. The Kier molecular flexibility index (Phi) is 3.11. The highest BCUT2D eigenvalue weighted by molar-refractivity contribution is 8.01. The minimum Gasteiger partial charge on any atom is -0.341 e. The summed E-state index contributed by atoms with van der Waals surface area (Å²) < 4.78 is 0. The molecule has 84 valence electrons. The van der Waals surface area contributed by atoms with Gasteiger partial charge in [0.15, 0.2) is 0 Å². The maximum Gasteiger partial charge on any atom is 0.237 e. The molecule has 2 fully saturated rings. The van der Waals surface area contributed by atoms with Gasteiger partial charge in [-0.2, -0.15) is 0 Å². The van der Waals surface area contributed by atoms with Crippen molar-refractivity contribution in [2.45, 2.75) is 17.7 Å². The average molecular weight is 249 g/mol. The van der Waals surface area contributed by atoms with Crippen LogP contribution in [0.5, 0.6) is 0 Å². The molecule has 0 saturated carbocycles. The Morgan fingerprint density at radius 1 is 1.53 bits per heavy atom. The molecule has 4 nitrogen and oxygen atoms in total. The fourth-order valence-corrected chi connectivity index (χ4v) is 3.31. The predicted octanol–water partition coefficient (Wildman–Crippen LogP) is 0.407. The van der Waals surface area contributed by atoms with E-state index in [0.717, 1.165) is 12.8 Å². The van der Waals surface area contributed by atoms with E-state index < -0.39 is 0 Å². The first kappa shape index (κ1) is 11.1. The summed E-state index contributed by atoms with van der Waals surface area (Å²) in [7, 11) is 0. The van der Waals surface area contributed by atoms with Gasteiger partial charge in [-0.25, -0.2) is 0 Å². The average Bonchev–Trinajstić information content (AvgIpc) is 2.60. The van der Waals surface area contributed by atoms with Crippen molar-refractivity contribution in [3.8, 4) is 0 Å². The van der Waals surface area contributed by atoms with Crippen molar-refractivity contribution in [3.63, 3.8) is 0 Å². The molecule has 0 bridgehead atoms. The molecule has 2 aliphatic heterocycles. The number of hydrogen-bond acceptors (Lipinski definition) is 3. The predicted molar refractivity (Wildman–Crippen MR) is 59.9 cm³/mol. The number of rotatable bonds is 1. The first-order valence-corrected chi connectivity index (χ1v) is 6.46. The lowest BCUT2D eigenvalue weighted by atomic mass is 10.0. The van der Waals surface area contributed by atoms with Crippen LogP contribution >= 0.6 is 23.4 Å². The van der Waals surface area contributed by atoms with Gasteiger partial charge in [-0.3, -0.25) is 9.59 Å². The van der Waals surface area contributed by atoms with Crippen LogP contribution in [0.3, 0.4) is 0 Å². The minimum atomic E-state index is -0.111. The zero-order valence-electron chi connectivity index (χ0n) is 8.29. The van der Waals surface area contributed by atoms with Crippen molar-refractivity contribution in [2.24, 2.45) is 0 Å². The van der Waals surface area contributed by atoms with Gasteiger partial charge in [0.2, 0.25) is 11.8 Å². The van der Waals surface area contributed by atoms with Crippen LogP contribution < -0.4 is 5.32 Å². The van der Waals surface area contributed by atoms with Gasteiger partial charge in [0, 0.05) is 13.1 Å². The van der Waals surface area contributed by atoms with E-state index in [0.29, 0.717) is 18.8 Å². The van der Waals surface area contributed by atoms with Crippen LogP contribution in [0, 0.1) is 0 Å². The van der Waals surface area contributed by atoms with Crippen LogP contribution in [-0.4, -0.2) is 46.3 Å². The number of amides is 2.